The summed E-state index contributed by atoms with van der Waals surface area (Å²) in [6.45, 7) is 12.8. The van der Waals surface area contributed by atoms with E-state index in [9.17, 15) is 0 Å². The summed E-state index contributed by atoms with van der Waals surface area (Å²) >= 11 is 0. The highest BCUT2D eigenvalue weighted by atomic mass is 15.0. The van der Waals surface area contributed by atoms with Crippen molar-refractivity contribution in [1.82, 2.24) is 5.32 Å². The van der Waals surface area contributed by atoms with Crippen molar-refractivity contribution in [3.05, 3.63) is 35.4 Å². The first-order chi connectivity index (χ1) is 8.84. The number of rotatable bonds is 3. The minimum Gasteiger partial charge on any atom is -0.310 e. The van der Waals surface area contributed by atoms with Crippen LogP contribution in [0.1, 0.15) is 64.5 Å². The van der Waals surface area contributed by atoms with Crippen LogP contribution in [-0.2, 0) is 6.42 Å². The second-order valence-electron chi connectivity index (χ2n) is 7.44. The van der Waals surface area contributed by atoms with Crippen molar-refractivity contribution in [3.8, 4) is 0 Å². The zero-order valence-corrected chi connectivity index (χ0v) is 13.2. The van der Waals surface area contributed by atoms with E-state index in [-0.39, 0.29) is 5.54 Å². The zero-order chi connectivity index (χ0) is 14.1. The van der Waals surface area contributed by atoms with Crippen molar-refractivity contribution >= 4 is 0 Å². The van der Waals surface area contributed by atoms with E-state index in [2.05, 4.69) is 64.2 Å². The Hall–Kier alpha value is -0.820. The zero-order valence-electron chi connectivity index (χ0n) is 13.2. The summed E-state index contributed by atoms with van der Waals surface area (Å²) in [5.74, 6) is 0.621. The number of hydrogen-bond donors (Lipinski definition) is 1. The fourth-order valence-corrected chi connectivity index (χ4v) is 3.23. The third kappa shape index (κ3) is 3.02. The van der Waals surface area contributed by atoms with E-state index in [4.69, 9.17) is 0 Å². The number of benzene rings is 1. The lowest BCUT2D eigenvalue weighted by Gasteiger charge is -2.42. The van der Waals surface area contributed by atoms with Crippen LogP contribution in [0, 0.1) is 5.41 Å². The van der Waals surface area contributed by atoms with E-state index in [1.807, 2.05) is 0 Å². The van der Waals surface area contributed by atoms with Crippen LogP contribution in [0.2, 0.25) is 0 Å². The summed E-state index contributed by atoms with van der Waals surface area (Å²) in [4.78, 5) is 0. The molecule has 1 saturated heterocycles. The van der Waals surface area contributed by atoms with E-state index in [1.54, 1.807) is 0 Å². The Labute approximate surface area is 118 Å². The summed E-state index contributed by atoms with van der Waals surface area (Å²) in [7, 11) is 0. The molecule has 1 aliphatic rings. The van der Waals surface area contributed by atoms with E-state index < -0.39 is 0 Å². The summed E-state index contributed by atoms with van der Waals surface area (Å²) in [5, 5.41) is 3.80. The van der Waals surface area contributed by atoms with Gasteiger partial charge < -0.3 is 5.32 Å². The Kier molecular flexibility index (Phi) is 4.06. The van der Waals surface area contributed by atoms with E-state index >= 15 is 0 Å². The van der Waals surface area contributed by atoms with Gasteiger partial charge in [-0.3, -0.25) is 0 Å². The van der Waals surface area contributed by atoms with Crippen LogP contribution in [-0.4, -0.2) is 12.1 Å². The van der Waals surface area contributed by atoms with Crippen molar-refractivity contribution in [3.63, 3.8) is 0 Å². The number of nitrogens with one attached hydrogen (secondary N) is 1. The van der Waals surface area contributed by atoms with Gasteiger partial charge in [0.1, 0.15) is 0 Å². The molecule has 0 radical (unpaired) electrons. The maximum absolute atomic E-state index is 3.80. The summed E-state index contributed by atoms with van der Waals surface area (Å²) < 4.78 is 0. The fourth-order valence-electron chi connectivity index (χ4n) is 3.23. The highest BCUT2D eigenvalue weighted by molar-refractivity contribution is 5.27. The molecule has 106 valence electrons. The Balaban J connectivity index is 2.18. The fraction of sp³-hybridized carbons (Fsp3) is 0.667. The minimum atomic E-state index is 0.270. The van der Waals surface area contributed by atoms with E-state index in [0.29, 0.717) is 11.3 Å². The van der Waals surface area contributed by atoms with Crippen LogP contribution in [0.25, 0.3) is 0 Å². The van der Waals surface area contributed by atoms with Gasteiger partial charge in [0, 0.05) is 5.54 Å². The lowest BCUT2D eigenvalue weighted by molar-refractivity contribution is 0.159. The summed E-state index contributed by atoms with van der Waals surface area (Å²) in [5.41, 5.74) is 3.48. The molecule has 1 unspecified atom stereocenters. The molecule has 1 atom stereocenters. The van der Waals surface area contributed by atoms with Gasteiger partial charge >= 0.3 is 0 Å². The lowest BCUT2D eigenvalue weighted by Crippen LogP contribution is -2.52. The van der Waals surface area contributed by atoms with Crippen LogP contribution in [0.5, 0.6) is 0 Å². The molecule has 0 bridgehead atoms. The molecule has 1 heterocycles. The van der Waals surface area contributed by atoms with Gasteiger partial charge in [0.25, 0.3) is 0 Å². The molecule has 1 N–H and O–H groups in total. The molecule has 1 fully saturated rings. The maximum Gasteiger partial charge on any atom is 0.0270 e. The van der Waals surface area contributed by atoms with Crippen molar-refractivity contribution in [2.75, 3.05) is 6.54 Å². The van der Waals surface area contributed by atoms with Crippen molar-refractivity contribution in [2.45, 2.75) is 65.3 Å². The van der Waals surface area contributed by atoms with Crippen LogP contribution >= 0.6 is 0 Å². The molecule has 0 saturated carbocycles. The number of hydrogen-bond acceptors (Lipinski definition) is 1. The van der Waals surface area contributed by atoms with Crippen molar-refractivity contribution < 1.29 is 0 Å². The minimum absolute atomic E-state index is 0.270. The molecule has 0 amide bonds. The predicted octanol–water partition coefficient (Wildman–Crippen LogP) is 4.52. The lowest BCUT2D eigenvalue weighted by atomic mass is 9.69. The topological polar surface area (TPSA) is 12.0 Å². The van der Waals surface area contributed by atoms with E-state index in [1.165, 1.54) is 30.5 Å². The SMILES string of the molecule is CC(C)c1ccc(CC2(C(C)(C)C)CCCN2)cc1. The third-order valence-electron chi connectivity index (χ3n) is 4.83. The van der Waals surface area contributed by atoms with Gasteiger partial charge in [0.2, 0.25) is 0 Å². The maximum atomic E-state index is 3.80. The molecule has 19 heavy (non-hydrogen) atoms. The van der Waals surface area contributed by atoms with Crippen LogP contribution in [0.15, 0.2) is 24.3 Å². The van der Waals surface area contributed by atoms with Crippen LogP contribution < -0.4 is 5.32 Å². The molecular weight excluding hydrogens is 230 g/mol. The van der Waals surface area contributed by atoms with E-state index in [0.717, 1.165) is 6.42 Å². The molecule has 1 heteroatoms. The molecule has 2 rings (SSSR count). The van der Waals surface area contributed by atoms with Crippen molar-refractivity contribution in [1.29, 1.82) is 0 Å². The third-order valence-corrected chi connectivity index (χ3v) is 4.83. The Bertz CT molecular complexity index is 402. The van der Waals surface area contributed by atoms with Crippen molar-refractivity contribution in [2.24, 2.45) is 5.41 Å². The standard InChI is InChI=1S/C18H29N/c1-14(2)16-9-7-15(8-10-16)13-18(17(3,4)5)11-6-12-19-18/h7-10,14,19H,6,11-13H2,1-5H3. The monoisotopic (exact) mass is 259 g/mol. The van der Waals surface area contributed by atoms with Crippen LogP contribution in [0.3, 0.4) is 0 Å². The quantitative estimate of drug-likeness (QED) is 0.841. The smallest absolute Gasteiger partial charge is 0.0270 e. The second-order valence-corrected chi connectivity index (χ2v) is 7.44. The van der Waals surface area contributed by atoms with Gasteiger partial charge in [-0.15, -0.1) is 0 Å². The van der Waals surface area contributed by atoms with Gasteiger partial charge in [0.15, 0.2) is 0 Å². The summed E-state index contributed by atoms with van der Waals surface area (Å²) in [6.07, 6.45) is 3.75. The van der Waals surface area contributed by atoms with Gasteiger partial charge in [-0.05, 0) is 48.3 Å². The molecular formula is C18H29N. The predicted molar refractivity (Wildman–Crippen MR) is 83.7 cm³/mol. The highest BCUT2D eigenvalue weighted by Gasteiger charge is 2.43. The first kappa shape index (κ1) is 14.6. The molecule has 1 aromatic rings. The molecule has 0 aromatic heterocycles. The first-order valence-electron chi connectivity index (χ1n) is 7.68. The van der Waals surface area contributed by atoms with Gasteiger partial charge in [-0.1, -0.05) is 58.9 Å². The second kappa shape index (κ2) is 5.28. The molecule has 1 aromatic carbocycles. The molecule has 0 aliphatic carbocycles. The highest BCUT2D eigenvalue weighted by Crippen LogP contribution is 2.40. The van der Waals surface area contributed by atoms with Gasteiger partial charge in [-0.2, -0.15) is 0 Å². The molecule has 0 spiro atoms. The van der Waals surface area contributed by atoms with Gasteiger partial charge in [0.05, 0.1) is 0 Å². The first-order valence-corrected chi connectivity index (χ1v) is 7.68. The normalized spacial score (nSPS) is 24.1. The largest absolute Gasteiger partial charge is 0.310 e. The van der Waals surface area contributed by atoms with Gasteiger partial charge in [-0.25, -0.2) is 0 Å². The molecule has 1 nitrogen and oxygen atoms in total. The average Bonchev–Trinajstić information content (AvgIpc) is 2.79. The summed E-state index contributed by atoms with van der Waals surface area (Å²) in [6, 6.07) is 9.24. The average molecular weight is 259 g/mol. The Morgan fingerprint density at radius 2 is 1.79 bits per heavy atom. The Morgan fingerprint density at radius 3 is 2.21 bits per heavy atom. The molecule has 1 aliphatic heterocycles. The Morgan fingerprint density at radius 1 is 1.16 bits per heavy atom. The van der Waals surface area contributed by atoms with Crippen LogP contribution in [0.4, 0.5) is 0 Å².